The van der Waals surface area contributed by atoms with Gasteiger partial charge in [0.25, 0.3) is 0 Å². The van der Waals surface area contributed by atoms with E-state index in [1.165, 1.54) is 0 Å². The molecular formula is C9H19BN2O4. The summed E-state index contributed by atoms with van der Waals surface area (Å²) in [6, 6.07) is -0.617. The molecule has 0 aromatic rings. The van der Waals surface area contributed by atoms with Crippen LogP contribution in [0.3, 0.4) is 0 Å². The van der Waals surface area contributed by atoms with Gasteiger partial charge in [-0.15, -0.1) is 0 Å². The minimum atomic E-state index is -1.33. The predicted octanol–water partition coefficient (Wildman–Crippen LogP) is -1.37. The lowest BCUT2D eigenvalue weighted by atomic mass is 9.73. The maximum atomic E-state index is 11.1. The fourth-order valence-electron chi connectivity index (χ4n) is 2.40. The number of nitrogens with one attached hydrogen (secondary N) is 1. The van der Waals surface area contributed by atoms with Crippen molar-refractivity contribution in [2.45, 2.75) is 31.6 Å². The number of aliphatic carboxylic acids is 1. The van der Waals surface area contributed by atoms with E-state index in [0.717, 1.165) is 6.42 Å². The lowest BCUT2D eigenvalue weighted by Gasteiger charge is -2.31. The Morgan fingerprint density at radius 1 is 1.56 bits per heavy atom. The molecule has 0 radical (unpaired) electrons. The van der Waals surface area contributed by atoms with E-state index in [1.54, 1.807) is 0 Å². The Morgan fingerprint density at radius 3 is 2.75 bits per heavy atom. The van der Waals surface area contributed by atoms with Gasteiger partial charge in [0.2, 0.25) is 0 Å². The molecule has 1 aliphatic heterocycles. The third-order valence-electron chi connectivity index (χ3n) is 3.37. The highest BCUT2D eigenvalue weighted by Gasteiger charge is 2.45. The summed E-state index contributed by atoms with van der Waals surface area (Å²) in [5, 5.41) is 29.5. The SMILES string of the molecule is NC[C@@]1(CCCB(O)O)CCN[C@@H]1C(=O)O. The quantitative estimate of drug-likeness (QED) is 0.359. The molecule has 0 aliphatic carbocycles. The first-order valence-electron chi connectivity index (χ1n) is 5.54. The van der Waals surface area contributed by atoms with Crippen LogP contribution in [0.4, 0.5) is 0 Å². The van der Waals surface area contributed by atoms with Crippen LogP contribution >= 0.6 is 0 Å². The Bertz CT molecular complexity index is 252. The summed E-state index contributed by atoms with van der Waals surface area (Å²) in [5.74, 6) is -0.882. The van der Waals surface area contributed by atoms with Gasteiger partial charge in [-0.2, -0.15) is 0 Å². The molecule has 6 nitrogen and oxygen atoms in total. The number of carbonyl (C=O) groups is 1. The maximum Gasteiger partial charge on any atom is 0.451 e. The molecule has 6 N–H and O–H groups in total. The van der Waals surface area contributed by atoms with Gasteiger partial charge >= 0.3 is 13.1 Å². The monoisotopic (exact) mass is 230 g/mol. The highest BCUT2D eigenvalue weighted by atomic mass is 16.4. The van der Waals surface area contributed by atoms with Crippen LogP contribution in [-0.2, 0) is 4.79 Å². The highest BCUT2D eigenvalue weighted by molar-refractivity contribution is 6.40. The predicted molar refractivity (Wildman–Crippen MR) is 59.8 cm³/mol. The highest BCUT2D eigenvalue weighted by Crippen LogP contribution is 2.36. The van der Waals surface area contributed by atoms with Crippen LogP contribution in [0.2, 0.25) is 6.32 Å². The molecule has 1 aliphatic rings. The van der Waals surface area contributed by atoms with Gasteiger partial charge in [-0.05, 0) is 25.7 Å². The molecule has 1 saturated heterocycles. The summed E-state index contributed by atoms with van der Waals surface area (Å²) < 4.78 is 0. The minimum Gasteiger partial charge on any atom is -0.480 e. The third kappa shape index (κ3) is 2.94. The van der Waals surface area contributed by atoms with Crippen molar-refractivity contribution < 1.29 is 19.9 Å². The lowest BCUT2D eigenvalue weighted by molar-refractivity contribution is -0.142. The summed E-state index contributed by atoms with van der Waals surface area (Å²) in [6.07, 6.45) is 2.15. The molecule has 0 aromatic heterocycles. The van der Waals surface area contributed by atoms with Crippen molar-refractivity contribution in [3.63, 3.8) is 0 Å². The van der Waals surface area contributed by atoms with Crippen molar-refractivity contribution >= 4 is 13.1 Å². The summed E-state index contributed by atoms with van der Waals surface area (Å²) in [6.45, 7) is 0.953. The molecule has 0 spiro atoms. The number of nitrogens with two attached hydrogens (primary N) is 1. The number of carboxylic acid groups (broad SMARTS) is 1. The summed E-state index contributed by atoms with van der Waals surface area (Å²) >= 11 is 0. The smallest absolute Gasteiger partial charge is 0.451 e. The van der Waals surface area contributed by atoms with Crippen LogP contribution in [0.5, 0.6) is 0 Å². The van der Waals surface area contributed by atoms with Gasteiger partial charge in [0.15, 0.2) is 0 Å². The molecule has 0 aromatic carbocycles. The first-order valence-corrected chi connectivity index (χ1v) is 5.54. The van der Waals surface area contributed by atoms with Crippen LogP contribution < -0.4 is 11.1 Å². The number of rotatable bonds is 6. The van der Waals surface area contributed by atoms with Gasteiger partial charge in [0, 0.05) is 12.0 Å². The molecule has 92 valence electrons. The molecule has 0 amide bonds. The minimum absolute atomic E-state index is 0.258. The molecule has 7 heteroatoms. The molecule has 1 fully saturated rings. The molecule has 16 heavy (non-hydrogen) atoms. The largest absolute Gasteiger partial charge is 0.480 e. The lowest BCUT2D eigenvalue weighted by Crippen LogP contribution is -2.47. The standard InChI is InChI=1S/C9H19BN2O4/c11-6-9(2-1-4-10(15)16)3-5-12-7(9)8(13)14/h7,12,15-16H,1-6,11H2,(H,13,14)/t7-,9-/m1/s1. The van der Waals surface area contributed by atoms with E-state index in [0.29, 0.717) is 25.9 Å². The summed E-state index contributed by atoms with van der Waals surface area (Å²) in [4.78, 5) is 11.1. The van der Waals surface area contributed by atoms with E-state index in [2.05, 4.69) is 5.32 Å². The van der Waals surface area contributed by atoms with Crippen molar-refractivity contribution in [2.24, 2.45) is 11.1 Å². The molecular weight excluding hydrogens is 211 g/mol. The van der Waals surface area contributed by atoms with E-state index in [4.69, 9.17) is 20.9 Å². The van der Waals surface area contributed by atoms with Crippen molar-refractivity contribution in [1.82, 2.24) is 5.32 Å². The average molecular weight is 230 g/mol. The molecule has 1 rings (SSSR count). The second kappa shape index (κ2) is 5.63. The Balaban J connectivity index is 2.58. The van der Waals surface area contributed by atoms with Crippen molar-refractivity contribution in [2.75, 3.05) is 13.1 Å². The van der Waals surface area contributed by atoms with Crippen molar-refractivity contribution in [3.05, 3.63) is 0 Å². The molecule has 0 bridgehead atoms. The molecule has 2 atom stereocenters. The summed E-state index contributed by atoms with van der Waals surface area (Å²) in [5.41, 5.74) is 5.24. The van der Waals surface area contributed by atoms with Gasteiger partial charge in [-0.1, -0.05) is 6.42 Å². The summed E-state index contributed by atoms with van der Waals surface area (Å²) in [7, 11) is -1.33. The third-order valence-corrected chi connectivity index (χ3v) is 3.37. The maximum absolute atomic E-state index is 11.1. The van der Waals surface area contributed by atoms with Gasteiger partial charge in [-0.3, -0.25) is 4.79 Å². The van der Waals surface area contributed by atoms with Gasteiger partial charge in [0.05, 0.1) is 0 Å². The fourth-order valence-corrected chi connectivity index (χ4v) is 2.40. The molecule has 0 saturated carbocycles. The second-order valence-electron chi connectivity index (χ2n) is 4.41. The van der Waals surface area contributed by atoms with Gasteiger partial charge < -0.3 is 26.2 Å². The zero-order chi connectivity index (χ0) is 12.2. The topological polar surface area (TPSA) is 116 Å². The van der Waals surface area contributed by atoms with Crippen molar-refractivity contribution in [3.8, 4) is 0 Å². The second-order valence-corrected chi connectivity index (χ2v) is 4.41. The Hall–Kier alpha value is -0.625. The van der Waals surface area contributed by atoms with Crippen molar-refractivity contribution in [1.29, 1.82) is 0 Å². The van der Waals surface area contributed by atoms with E-state index < -0.39 is 24.5 Å². The zero-order valence-corrected chi connectivity index (χ0v) is 9.22. The Labute approximate surface area is 95.0 Å². The molecule has 1 heterocycles. The normalized spacial score (nSPS) is 29.3. The van der Waals surface area contributed by atoms with Crippen LogP contribution in [0.25, 0.3) is 0 Å². The van der Waals surface area contributed by atoms with E-state index >= 15 is 0 Å². The number of hydrogen-bond donors (Lipinski definition) is 5. The van der Waals surface area contributed by atoms with Gasteiger partial charge in [0.1, 0.15) is 6.04 Å². The zero-order valence-electron chi connectivity index (χ0n) is 9.22. The Kier molecular flexibility index (Phi) is 4.73. The van der Waals surface area contributed by atoms with E-state index in [-0.39, 0.29) is 6.32 Å². The van der Waals surface area contributed by atoms with E-state index in [1.807, 2.05) is 0 Å². The average Bonchev–Trinajstić information content (AvgIpc) is 2.62. The number of carboxylic acids is 1. The van der Waals surface area contributed by atoms with Crippen LogP contribution in [0.1, 0.15) is 19.3 Å². The fraction of sp³-hybridized carbons (Fsp3) is 0.889. The van der Waals surface area contributed by atoms with Crippen LogP contribution in [0.15, 0.2) is 0 Å². The van der Waals surface area contributed by atoms with E-state index in [9.17, 15) is 4.79 Å². The first kappa shape index (κ1) is 13.4. The Morgan fingerprint density at radius 2 is 2.25 bits per heavy atom. The van der Waals surface area contributed by atoms with Gasteiger partial charge in [-0.25, -0.2) is 0 Å². The van der Waals surface area contributed by atoms with Crippen LogP contribution in [-0.4, -0.2) is 47.4 Å². The molecule has 0 unspecified atom stereocenters. The number of hydrogen-bond acceptors (Lipinski definition) is 5. The first-order chi connectivity index (χ1) is 7.52. The van der Waals surface area contributed by atoms with Crippen LogP contribution in [0, 0.1) is 5.41 Å².